The van der Waals surface area contributed by atoms with Crippen molar-refractivity contribution < 1.29 is 0 Å². The fraction of sp³-hybridized carbons (Fsp3) is 0.778. The van der Waals surface area contributed by atoms with Crippen molar-refractivity contribution in [2.75, 3.05) is 6.54 Å². The molecule has 0 aliphatic heterocycles. The second kappa shape index (κ2) is 4.62. The number of aromatic nitrogens is 1. The van der Waals surface area contributed by atoms with Crippen LogP contribution >= 0.6 is 0 Å². The fourth-order valence-electron chi connectivity index (χ4n) is 6.33. The molecule has 4 fully saturated rings. The Bertz CT molecular complexity index is 452. The average molecular weight is 272 g/mol. The Kier molecular flexibility index (Phi) is 2.99. The van der Waals surface area contributed by atoms with E-state index in [2.05, 4.69) is 30.1 Å². The fourth-order valence-corrected chi connectivity index (χ4v) is 6.33. The average Bonchev–Trinajstić information content (AvgIpc) is 2.80. The highest BCUT2D eigenvalue weighted by Crippen LogP contribution is 2.65. The third kappa shape index (κ3) is 1.95. The molecule has 1 heterocycles. The highest BCUT2D eigenvalue weighted by Gasteiger charge is 2.54. The maximum atomic E-state index is 5.99. The zero-order chi connectivity index (χ0) is 13.7. The monoisotopic (exact) mass is 272 g/mol. The second-order valence-corrected chi connectivity index (χ2v) is 8.02. The quantitative estimate of drug-likeness (QED) is 0.890. The van der Waals surface area contributed by atoms with Crippen LogP contribution in [0.3, 0.4) is 0 Å². The van der Waals surface area contributed by atoms with E-state index >= 15 is 0 Å². The Balaban J connectivity index is 1.68. The lowest BCUT2D eigenvalue weighted by Gasteiger charge is -2.59. The third-order valence-electron chi connectivity index (χ3n) is 6.54. The summed E-state index contributed by atoms with van der Waals surface area (Å²) < 4.78 is 2.21. The van der Waals surface area contributed by atoms with Gasteiger partial charge in [0.25, 0.3) is 0 Å². The summed E-state index contributed by atoms with van der Waals surface area (Å²) in [6, 6.07) is 2.35. The summed E-state index contributed by atoms with van der Waals surface area (Å²) in [5, 5.41) is 0. The molecule has 4 aliphatic carbocycles. The Morgan fingerprint density at radius 3 is 2.25 bits per heavy atom. The van der Waals surface area contributed by atoms with E-state index in [0.717, 1.165) is 24.3 Å². The number of nitrogens with zero attached hydrogens (tertiary/aromatic N) is 1. The number of nitrogens with two attached hydrogens (primary N) is 1. The minimum Gasteiger partial charge on any atom is -0.357 e. The van der Waals surface area contributed by atoms with Gasteiger partial charge in [0.2, 0.25) is 0 Å². The van der Waals surface area contributed by atoms with Crippen molar-refractivity contribution in [1.29, 1.82) is 0 Å². The van der Waals surface area contributed by atoms with Crippen molar-refractivity contribution in [1.82, 2.24) is 4.57 Å². The molecule has 4 aliphatic rings. The van der Waals surface area contributed by atoms with Gasteiger partial charge in [0, 0.05) is 19.4 Å². The third-order valence-corrected chi connectivity index (χ3v) is 6.54. The van der Waals surface area contributed by atoms with Crippen LogP contribution in [-0.2, 0) is 7.05 Å². The first kappa shape index (κ1) is 12.9. The van der Waals surface area contributed by atoms with Crippen LogP contribution in [0.2, 0.25) is 0 Å². The van der Waals surface area contributed by atoms with Crippen LogP contribution in [0.15, 0.2) is 18.5 Å². The van der Waals surface area contributed by atoms with Gasteiger partial charge in [0.05, 0.1) is 0 Å². The molecule has 2 N–H and O–H groups in total. The molecule has 1 aromatic rings. The van der Waals surface area contributed by atoms with Crippen LogP contribution in [-0.4, -0.2) is 11.1 Å². The molecule has 0 spiro atoms. The van der Waals surface area contributed by atoms with Crippen LogP contribution in [0.1, 0.15) is 56.4 Å². The molecule has 20 heavy (non-hydrogen) atoms. The molecule has 1 atom stereocenters. The van der Waals surface area contributed by atoms with E-state index in [1.807, 2.05) is 0 Å². The summed E-state index contributed by atoms with van der Waals surface area (Å²) in [5.41, 5.74) is 8.13. The minimum absolute atomic E-state index is 0.593. The normalized spacial score (nSPS) is 40.2. The lowest BCUT2D eigenvalue weighted by molar-refractivity contribution is -0.0697. The second-order valence-electron chi connectivity index (χ2n) is 8.02. The Hall–Kier alpha value is -0.760. The molecule has 4 saturated carbocycles. The molecule has 5 rings (SSSR count). The van der Waals surface area contributed by atoms with E-state index in [4.69, 9.17) is 5.73 Å². The van der Waals surface area contributed by atoms with Gasteiger partial charge in [-0.3, -0.25) is 0 Å². The van der Waals surface area contributed by atoms with Gasteiger partial charge in [-0.25, -0.2) is 0 Å². The summed E-state index contributed by atoms with van der Waals surface area (Å²) in [7, 11) is 2.14. The van der Waals surface area contributed by atoms with Crippen LogP contribution in [0, 0.1) is 23.2 Å². The Labute approximate surface area is 122 Å². The molecule has 2 heteroatoms. The highest BCUT2D eigenvalue weighted by molar-refractivity contribution is 5.22. The SMILES string of the molecule is Cn1ccc(C(CCN)C23CC4CC(CC(C4)C2)C3)c1. The smallest absolute Gasteiger partial charge is 0.0106 e. The van der Waals surface area contributed by atoms with E-state index in [-0.39, 0.29) is 0 Å². The van der Waals surface area contributed by atoms with Crippen molar-refractivity contribution in [3.8, 4) is 0 Å². The number of rotatable bonds is 4. The van der Waals surface area contributed by atoms with Gasteiger partial charge in [-0.1, -0.05) is 0 Å². The standard InChI is InChI=1S/C18H28N2/c1-20-5-3-16(12-20)17(2-4-19)18-9-13-6-14(10-18)8-15(7-13)11-18/h3,5,12-15,17H,2,4,6-11,19H2,1H3. The molecule has 4 bridgehead atoms. The van der Waals surface area contributed by atoms with Gasteiger partial charge in [-0.15, -0.1) is 0 Å². The first-order valence-corrected chi connectivity index (χ1v) is 8.50. The summed E-state index contributed by atoms with van der Waals surface area (Å²) in [4.78, 5) is 0. The van der Waals surface area contributed by atoms with Gasteiger partial charge in [-0.2, -0.15) is 0 Å². The van der Waals surface area contributed by atoms with Crippen molar-refractivity contribution >= 4 is 0 Å². The van der Waals surface area contributed by atoms with Crippen LogP contribution in [0.25, 0.3) is 0 Å². The van der Waals surface area contributed by atoms with Crippen molar-refractivity contribution in [3.63, 3.8) is 0 Å². The lowest BCUT2D eigenvalue weighted by Crippen LogP contribution is -2.49. The van der Waals surface area contributed by atoms with Crippen molar-refractivity contribution in [3.05, 3.63) is 24.0 Å². The summed E-state index contributed by atoms with van der Waals surface area (Å²) in [6.07, 6.45) is 14.8. The van der Waals surface area contributed by atoms with E-state index in [1.54, 1.807) is 5.56 Å². The van der Waals surface area contributed by atoms with E-state index in [9.17, 15) is 0 Å². The summed E-state index contributed by atoms with van der Waals surface area (Å²) in [5.74, 6) is 3.81. The molecule has 0 saturated heterocycles. The highest BCUT2D eigenvalue weighted by atomic mass is 14.9. The van der Waals surface area contributed by atoms with E-state index in [0.29, 0.717) is 11.3 Å². The Morgan fingerprint density at radius 1 is 1.20 bits per heavy atom. The number of hydrogen-bond donors (Lipinski definition) is 1. The first-order chi connectivity index (χ1) is 9.68. The van der Waals surface area contributed by atoms with Crippen molar-refractivity contribution in [2.45, 2.75) is 50.9 Å². The zero-order valence-corrected chi connectivity index (χ0v) is 12.7. The molecule has 1 aromatic heterocycles. The topological polar surface area (TPSA) is 30.9 Å². The number of hydrogen-bond acceptors (Lipinski definition) is 1. The van der Waals surface area contributed by atoms with E-state index in [1.165, 1.54) is 44.9 Å². The maximum absolute atomic E-state index is 5.99. The molecule has 0 aromatic carbocycles. The summed E-state index contributed by atoms with van der Waals surface area (Å²) >= 11 is 0. The van der Waals surface area contributed by atoms with Crippen LogP contribution in [0.4, 0.5) is 0 Å². The lowest BCUT2D eigenvalue weighted by atomic mass is 9.45. The van der Waals surface area contributed by atoms with Gasteiger partial charge in [-0.05, 0) is 92.2 Å². The molecule has 0 amide bonds. The van der Waals surface area contributed by atoms with E-state index < -0.39 is 0 Å². The summed E-state index contributed by atoms with van der Waals surface area (Å²) in [6.45, 7) is 0.835. The van der Waals surface area contributed by atoms with Crippen LogP contribution < -0.4 is 5.73 Å². The van der Waals surface area contributed by atoms with Gasteiger partial charge < -0.3 is 10.3 Å². The predicted molar refractivity (Wildman–Crippen MR) is 82.4 cm³/mol. The first-order valence-electron chi connectivity index (χ1n) is 8.50. The molecule has 0 radical (unpaired) electrons. The van der Waals surface area contributed by atoms with Crippen LogP contribution in [0.5, 0.6) is 0 Å². The molecule has 2 nitrogen and oxygen atoms in total. The van der Waals surface area contributed by atoms with Crippen molar-refractivity contribution in [2.24, 2.45) is 36.0 Å². The molecular formula is C18H28N2. The number of aryl methyl sites for hydroxylation is 1. The zero-order valence-electron chi connectivity index (χ0n) is 12.7. The molecule has 110 valence electrons. The largest absolute Gasteiger partial charge is 0.357 e. The van der Waals surface area contributed by atoms with Gasteiger partial charge >= 0.3 is 0 Å². The molecular weight excluding hydrogens is 244 g/mol. The maximum Gasteiger partial charge on any atom is 0.0106 e. The Morgan fingerprint density at radius 2 is 1.80 bits per heavy atom. The molecule has 1 unspecified atom stereocenters. The van der Waals surface area contributed by atoms with Gasteiger partial charge in [0.15, 0.2) is 0 Å². The van der Waals surface area contributed by atoms with Gasteiger partial charge in [0.1, 0.15) is 0 Å². The minimum atomic E-state index is 0.593. The predicted octanol–water partition coefficient (Wildman–Crippen LogP) is 3.67.